The van der Waals surface area contributed by atoms with Crippen LogP contribution >= 0.6 is 0 Å². The average Bonchev–Trinajstić information content (AvgIpc) is 2.69. The Morgan fingerprint density at radius 3 is 2.24 bits per heavy atom. The molecule has 0 saturated heterocycles. The Labute approximate surface area is 172 Å². The fourth-order valence-corrected chi connectivity index (χ4v) is 4.59. The lowest BCUT2D eigenvalue weighted by Gasteiger charge is -2.25. The van der Waals surface area contributed by atoms with Crippen LogP contribution in [0, 0.1) is 5.82 Å². The van der Waals surface area contributed by atoms with E-state index in [0.29, 0.717) is 13.1 Å². The number of amides is 1. The number of nitrogens with one attached hydrogen (secondary N) is 1. The van der Waals surface area contributed by atoms with Crippen LogP contribution in [0.2, 0.25) is 0 Å². The molecule has 0 aromatic heterocycles. The highest BCUT2D eigenvalue weighted by Gasteiger charge is 2.24. The van der Waals surface area contributed by atoms with Crippen LogP contribution in [0.25, 0.3) is 0 Å². The molecule has 1 unspecified atom stereocenters. The molecule has 158 valence electrons. The molecule has 2 aromatic rings. The van der Waals surface area contributed by atoms with Gasteiger partial charge in [-0.15, -0.1) is 0 Å². The van der Waals surface area contributed by atoms with Gasteiger partial charge in [-0.1, -0.05) is 44.2 Å². The van der Waals surface area contributed by atoms with Crippen LogP contribution in [0.4, 0.5) is 4.39 Å². The van der Waals surface area contributed by atoms with Gasteiger partial charge in [-0.2, -0.15) is 4.31 Å². The number of rotatable bonds is 9. The molecule has 0 aliphatic carbocycles. The molecule has 0 aliphatic rings. The van der Waals surface area contributed by atoms with Crippen molar-refractivity contribution in [2.75, 3.05) is 33.7 Å². The van der Waals surface area contributed by atoms with Crippen LogP contribution in [0.1, 0.15) is 35.8 Å². The average molecular weight is 422 g/mol. The van der Waals surface area contributed by atoms with Gasteiger partial charge < -0.3 is 10.2 Å². The lowest BCUT2D eigenvalue weighted by Crippen LogP contribution is -2.35. The molecular formula is C21H28FN3O3S. The van der Waals surface area contributed by atoms with E-state index in [-0.39, 0.29) is 23.0 Å². The molecular weight excluding hydrogens is 393 g/mol. The van der Waals surface area contributed by atoms with Gasteiger partial charge in [-0.25, -0.2) is 12.8 Å². The molecule has 0 heterocycles. The SMILES string of the molecule is CCN(CC)S(=O)(=O)c1ccc(F)c(C(=O)NCC(c2ccccc2)N(C)C)c1. The summed E-state index contributed by atoms with van der Waals surface area (Å²) in [6.07, 6.45) is 0. The molecule has 0 saturated carbocycles. The van der Waals surface area contributed by atoms with Gasteiger partial charge in [0.05, 0.1) is 16.5 Å². The second kappa shape index (κ2) is 9.96. The Balaban J connectivity index is 2.25. The number of hydrogen-bond donors (Lipinski definition) is 1. The number of carbonyl (C=O) groups is 1. The summed E-state index contributed by atoms with van der Waals surface area (Å²) < 4.78 is 40.9. The third-order valence-corrected chi connectivity index (χ3v) is 6.84. The fraction of sp³-hybridized carbons (Fsp3) is 0.381. The summed E-state index contributed by atoms with van der Waals surface area (Å²) >= 11 is 0. The lowest BCUT2D eigenvalue weighted by atomic mass is 10.1. The van der Waals surface area contributed by atoms with Crippen LogP contribution < -0.4 is 5.32 Å². The van der Waals surface area contributed by atoms with Gasteiger partial charge in [-0.05, 0) is 37.9 Å². The van der Waals surface area contributed by atoms with Gasteiger partial charge in [0, 0.05) is 19.6 Å². The molecule has 2 aromatic carbocycles. The minimum absolute atomic E-state index is 0.0973. The number of sulfonamides is 1. The van der Waals surface area contributed by atoms with Crippen LogP contribution in [-0.4, -0.2) is 57.3 Å². The van der Waals surface area contributed by atoms with E-state index in [1.54, 1.807) is 13.8 Å². The van der Waals surface area contributed by atoms with Crippen molar-refractivity contribution in [1.82, 2.24) is 14.5 Å². The van der Waals surface area contributed by atoms with E-state index >= 15 is 0 Å². The molecule has 0 fully saturated rings. The summed E-state index contributed by atoms with van der Waals surface area (Å²) in [4.78, 5) is 14.5. The first-order chi connectivity index (χ1) is 13.7. The molecule has 8 heteroatoms. The van der Waals surface area contributed by atoms with Crippen molar-refractivity contribution in [3.8, 4) is 0 Å². The number of hydrogen-bond acceptors (Lipinski definition) is 4. The van der Waals surface area contributed by atoms with Gasteiger partial charge in [0.1, 0.15) is 5.82 Å². The topological polar surface area (TPSA) is 69.7 Å². The monoisotopic (exact) mass is 421 g/mol. The normalized spacial score (nSPS) is 12.9. The first-order valence-corrected chi connectivity index (χ1v) is 11.0. The van der Waals surface area contributed by atoms with Crippen LogP contribution in [0.15, 0.2) is 53.4 Å². The zero-order valence-corrected chi connectivity index (χ0v) is 18.0. The van der Waals surface area contributed by atoms with Crippen molar-refractivity contribution in [2.45, 2.75) is 24.8 Å². The number of carbonyl (C=O) groups excluding carboxylic acids is 1. The molecule has 0 aliphatic heterocycles. The van der Waals surface area contributed by atoms with Crippen molar-refractivity contribution in [3.63, 3.8) is 0 Å². The smallest absolute Gasteiger partial charge is 0.254 e. The number of benzene rings is 2. The van der Waals surface area contributed by atoms with Gasteiger partial charge in [0.25, 0.3) is 5.91 Å². The van der Waals surface area contributed by atoms with Gasteiger partial charge in [0.15, 0.2) is 0 Å². The zero-order chi connectivity index (χ0) is 21.6. The molecule has 0 bridgehead atoms. The second-order valence-electron chi connectivity index (χ2n) is 6.83. The molecule has 6 nitrogen and oxygen atoms in total. The second-order valence-corrected chi connectivity index (χ2v) is 8.77. The predicted molar refractivity (Wildman–Crippen MR) is 112 cm³/mol. The van der Waals surface area contributed by atoms with Crippen LogP contribution in [-0.2, 0) is 10.0 Å². The maximum atomic E-state index is 14.3. The molecule has 2 rings (SSSR count). The fourth-order valence-electron chi connectivity index (χ4n) is 3.11. The molecule has 0 spiro atoms. The predicted octanol–water partition coefficient (Wildman–Crippen LogP) is 2.89. The highest BCUT2D eigenvalue weighted by molar-refractivity contribution is 7.89. The number of likely N-dealkylation sites (N-methyl/N-ethyl adjacent to an activating group) is 1. The van der Waals surface area contributed by atoms with Gasteiger partial charge in [-0.3, -0.25) is 4.79 Å². The Hall–Kier alpha value is -2.29. The summed E-state index contributed by atoms with van der Waals surface area (Å²) in [6.45, 7) is 4.29. The van der Waals surface area contributed by atoms with Crippen molar-refractivity contribution in [3.05, 3.63) is 65.5 Å². The zero-order valence-electron chi connectivity index (χ0n) is 17.2. The van der Waals surface area contributed by atoms with E-state index in [1.165, 1.54) is 10.4 Å². The van der Waals surface area contributed by atoms with Crippen molar-refractivity contribution in [1.29, 1.82) is 0 Å². The number of halogens is 1. The highest BCUT2D eigenvalue weighted by Crippen LogP contribution is 2.20. The third-order valence-electron chi connectivity index (χ3n) is 4.79. The van der Waals surface area contributed by atoms with E-state index < -0.39 is 21.7 Å². The maximum absolute atomic E-state index is 14.3. The summed E-state index contributed by atoms with van der Waals surface area (Å²) in [5.41, 5.74) is 0.722. The Bertz CT molecular complexity index is 929. The minimum atomic E-state index is -3.78. The first-order valence-electron chi connectivity index (χ1n) is 9.51. The molecule has 29 heavy (non-hydrogen) atoms. The molecule has 0 radical (unpaired) electrons. The Kier molecular flexibility index (Phi) is 7.89. The van der Waals surface area contributed by atoms with Crippen molar-refractivity contribution >= 4 is 15.9 Å². The summed E-state index contributed by atoms with van der Waals surface area (Å²) in [5.74, 6) is -1.41. The van der Waals surface area contributed by atoms with Crippen LogP contribution in [0.5, 0.6) is 0 Å². The number of nitrogens with zero attached hydrogens (tertiary/aromatic N) is 2. The van der Waals surface area contributed by atoms with Gasteiger partial charge in [0.2, 0.25) is 10.0 Å². The lowest BCUT2D eigenvalue weighted by molar-refractivity contribution is 0.0937. The largest absolute Gasteiger partial charge is 0.350 e. The Morgan fingerprint density at radius 1 is 1.07 bits per heavy atom. The highest BCUT2D eigenvalue weighted by atomic mass is 32.2. The third kappa shape index (κ3) is 5.41. The van der Waals surface area contributed by atoms with E-state index in [1.807, 2.05) is 49.3 Å². The quantitative estimate of drug-likeness (QED) is 0.676. The minimum Gasteiger partial charge on any atom is -0.350 e. The molecule has 1 amide bonds. The molecule has 1 N–H and O–H groups in total. The Morgan fingerprint density at radius 2 is 1.69 bits per heavy atom. The summed E-state index contributed by atoms with van der Waals surface area (Å²) in [6, 6.07) is 12.8. The van der Waals surface area contributed by atoms with Crippen molar-refractivity contribution < 1.29 is 17.6 Å². The first kappa shape index (κ1) is 23.0. The van der Waals surface area contributed by atoms with Crippen LogP contribution in [0.3, 0.4) is 0 Å². The summed E-state index contributed by atoms with van der Waals surface area (Å²) in [7, 11) is -0.00212. The summed E-state index contributed by atoms with van der Waals surface area (Å²) in [5, 5.41) is 2.73. The molecule has 1 atom stereocenters. The van der Waals surface area contributed by atoms with Gasteiger partial charge >= 0.3 is 0 Å². The standard InChI is InChI=1S/C21H28FN3O3S/c1-5-25(6-2)29(27,28)17-12-13-19(22)18(14-17)21(26)23-15-20(24(3)4)16-10-8-7-9-11-16/h7-14,20H,5-6,15H2,1-4H3,(H,23,26). The van der Waals surface area contributed by atoms with E-state index in [2.05, 4.69) is 5.32 Å². The maximum Gasteiger partial charge on any atom is 0.254 e. The van der Waals surface area contributed by atoms with E-state index in [4.69, 9.17) is 0 Å². The van der Waals surface area contributed by atoms with E-state index in [0.717, 1.165) is 17.7 Å². The van der Waals surface area contributed by atoms with Crippen molar-refractivity contribution in [2.24, 2.45) is 0 Å². The van der Waals surface area contributed by atoms with E-state index in [9.17, 15) is 17.6 Å².